The second-order valence-electron chi connectivity index (χ2n) is 26.8. The lowest BCUT2D eigenvalue weighted by Crippen LogP contribution is -2.12. The maximum atomic E-state index is 5.27. The molecule has 5 heterocycles. The van der Waals surface area contributed by atoms with Crippen LogP contribution in [0.15, 0.2) is 394 Å². The van der Waals surface area contributed by atoms with Gasteiger partial charge in [-0.2, -0.15) is 0 Å². The molecular formula is C99H65N5. The Morgan fingerprint density at radius 3 is 1.12 bits per heavy atom. The molecule has 2 aliphatic rings. The zero-order chi connectivity index (χ0) is 68.6. The first kappa shape index (κ1) is 60.1. The highest BCUT2D eigenvalue weighted by atomic mass is 15.2. The Bertz CT molecular complexity index is 6540. The number of fused-ring (bicyclic) bond motifs is 19. The molecule has 0 saturated carbocycles. The van der Waals surface area contributed by atoms with Crippen molar-refractivity contribution in [3.8, 4) is 100 Å². The third kappa shape index (κ3) is 9.74. The summed E-state index contributed by atoms with van der Waals surface area (Å²) in [6.07, 6.45) is 2.05. The van der Waals surface area contributed by atoms with Crippen LogP contribution in [0.4, 0.5) is 34.3 Å². The first-order chi connectivity index (χ1) is 51.7. The van der Waals surface area contributed by atoms with E-state index in [-0.39, 0.29) is 0 Å². The topological polar surface area (TPSA) is 29.2 Å². The third-order valence-corrected chi connectivity index (χ3v) is 21.1. The van der Waals surface area contributed by atoms with Crippen molar-refractivity contribution in [1.82, 2.24) is 14.1 Å². The van der Waals surface area contributed by atoms with Crippen LogP contribution in [0.3, 0.4) is 0 Å². The van der Waals surface area contributed by atoms with Crippen LogP contribution in [0.5, 0.6) is 0 Å². The molecule has 0 fully saturated rings. The van der Waals surface area contributed by atoms with Gasteiger partial charge in [-0.25, -0.2) is 4.98 Å². The summed E-state index contributed by atoms with van der Waals surface area (Å²) in [7, 11) is 0. The van der Waals surface area contributed by atoms with Crippen LogP contribution in [0.25, 0.3) is 155 Å². The highest BCUT2D eigenvalue weighted by Gasteiger charge is 2.33. The Kier molecular flexibility index (Phi) is 14.5. The van der Waals surface area contributed by atoms with E-state index in [9.17, 15) is 0 Å². The van der Waals surface area contributed by atoms with Gasteiger partial charge >= 0.3 is 0 Å². The number of para-hydroxylation sites is 8. The Balaban J connectivity index is 0.000000139. The zero-order valence-corrected chi connectivity index (χ0v) is 56.8. The van der Waals surface area contributed by atoms with Crippen molar-refractivity contribution >= 4 is 88.6 Å². The summed E-state index contributed by atoms with van der Waals surface area (Å²) in [4.78, 5) is 10.1. The number of rotatable bonds is 8. The van der Waals surface area contributed by atoms with Gasteiger partial charge in [-0.15, -0.1) is 0 Å². The number of hydrogen-bond donors (Lipinski definition) is 0. The summed E-state index contributed by atoms with van der Waals surface area (Å²) in [5, 5.41) is 7.44. The molecule has 0 amide bonds. The van der Waals surface area contributed by atoms with E-state index in [4.69, 9.17) is 4.98 Å². The van der Waals surface area contributed by atoms with Crippen molar-refractivity contribution < 1.29 is 0 Å². The lowest BCUT2D eigenvalue weighted by Gasteiger charge is -2.27. The van der Waals surface area contributed by atoms with E-state index < -0.39 is 0 Å². The van der Waals surface area contributed by atoms with Crippen molar-refractivity contribution in [3.05, 3.63) is 394 Å². The van der Waals surface area contributed by atoms with Crippen LogP contribution in [0, 0.1) is 0 Å². The van der Waals surface area contributed by atoms with Gasteiger partial charge in [0.25, 0.3) is 0 Å². The molecule has 0 radical (unpaired) electrons. The summed E-state index contributed by atoms with van der Waals surface area (Å²) < 4.78 is 4.94. The monoisotopic (exact) mass is 1320 g/mol. The van der Waals surface area contributed by atoms with Gasteiger partial charge in [-0.3, -0.25) is 4.90 Å². The molecule has 5 nitrogen and oxygen atoms in total. The molecule has 486 valence electrons. The van der Waals surface area contributed by atoms with Crippen LogP contribution in [-0.4, -0.2) is 14.1 Å². The van der Waals surface area contributed by atoms with Crippen molar-refractivity contribution in [3.63, 3.8) is 0 Å². The standard InChI is InChI=1S/C51H33N3.C48H32N2/c1-3-16-35(17-4-1)42-32-49(52-33-43(42)36-18-5-2-6-19-36)54-45-26-12-9-23-38(45)39-30-31-48-51(50(39)40-24-10-14-28-47(40)54)41-25-11-13-27-46(41)53(48)44-29-15-21-34-20-7-8-22-37(34)44;1-3-17-33(18-4-1)35-21-7-8-22-36(35)37-23-9-14-28-43(37)50-45-30-16-12-26-41(45)48-46(50)32-31-39-38-24-10-13-27-42(38)49(34-19-5-2-6-20-34)44-29-15-11-25-40(44)47(39)48/h1-33H;1-32H. The van der Waals surface area contributed by atoms with Gasteiger partial charge in [0, 0.05) is 83.3 Å². The number of benzene rings is 16. The average Bonchev–Trinajstić information content (AvgIpc) is 1.56. The molecule has 21 rings (SSSR count). The fraction of sp³-hybridized carbons (Fsp3) is 0. The van der Waals surface area contributed by atoms with Crippen molar-refractivity contribution in [1.29, 1.82) is 0 Å². The van der Waals surface area contributed by atoms with E-state index in [0.717, 1.165) is 50.8 Å². The van der Waals surface area contributed by atoms with Gasteiger partial charge in [-0.1, -0.05) is 309 Å². The average molecular weight is 1320 g/mol. The molecule has 0 bridgehead atoms. The summed E-state index contributed by atoms with van der Waals surface area (Å²) >= 11 is 0. The Labute approximate surface area is 603 Å². The number of nitrogens with zero attached hydrogens (tertiary/aromatic N) is 5. The number of aromatic nitrogens is 3. The SMILES string of the molecule is c1ccc(-c2ccccc2-c2ccccc2-n2c3ccccc3c3c4c(ccc32)-c2ccccc2N(c2ccccc2)c2ccccc2-4)cc1.c1ccc(-c2cnc(N3c4ccccc4-c4ccc5c(c4-c4ccccc43)c3ccccc3n5-c3cccc4ccccc34)cc2-c2ccccc2)cc1. The molecule has 0 N–H and O–H groups in total. The third-order valence-electron chi connectivity index (χ3n) is 21.1. The smallest absolute Gasteiger partial charge is 0.138 e. The first-order valence-corrected chi connectivity index (χ1v) is 35.7. The predicted octanol–water partition coefficient (Wildman–Crippen LogP) is 27.0. The largest absolute Gasteiger partial charge is 0.309 e. The summed E-state index contributed by atoms with van der Waals surface area (Å²) in [5.74, 6) is 0.871. The van der Waals surface area contributed by atoms with Gasteiger partial charge < -0.3 is 14.0 Å². The molecule has 5 heteroatoms. The van der Waals surface area contributed by atoms with Gasteiger partial charge in [0.2, 0.25) is 0 Å². The van der Waals surface area contributed by atoms with Crippen molar-refractivity contribution in [2.45, 2.75) is 0 Å². The second-order valence-corrected chi connectivity index (χ2v) is 26.8. The molecule has 0 spiro atoms. The van der Waals surface area contributed by atoms with E-state index >= 15 is 0 Å². The van der Waals surface area contributed by atoms with Crippen LogP contribution < -0.4 is 9.80 Å². The molecule has 0 aliphatic carbocycles. The van der Waals surface area contributed by atoms with Gasteiger partial charge in [-0.05, 0) is 129 Å². The van der Waals surface area contributed by atoms with E-state index in [0.29, 0.717) is 0 Å². The lowest BCUT2D eigenvalue weighted by molar-refractivity contribution is 1.18. The number of pyridine rings is 1. The fourth-order valence-corrected chi connectivity index (χ4v) is 16.7. The summed E-state index contributed by atoms with van der Waals surface area (Å²) in [6.45, 7) is 0. The van der Waals surface area contributed by atoms with Crippen LogP contribution >= 0.6 is 0 Å². The Morgan fingerprint density at radius 2 is 0.567 bits per heavy atom. The maximum Gasteiger partial charge on any atom is 0.138 e. The summed E-state index contributed by atoms with van der Waals surface area (Å²) in [5.41, 5.74) is 31.9. The Hall–Kier alpha value is -13.9. The van der Waals surface area contributed by atoms with Crippen molar-refractivity contribution in [2.24, 2.45) is 0 Å². The number of hydrogen-bond acceptors (Lipinski definition) is 3. The fourth-order valence-electron chi connectivity index (χ4n) is 16.7. The van der Waals surface area contributed by atoms with E-state index in [1.165, 1.54) is 138 Å². The molecule has 19 aromatic rings. The minimum Gasteiger partial charge on any atom is -0.309 e. The molecule has 16 aromatic carbocycles. The second kappa shape index (κ2) is 25.1. The van der Waals surface area contributed by atoms with Gasteiger partial charge in [0.05, 0.1) is 56.2 Å². The molecular weight excluding hydrogens is 1260 g/mol. The van der Waals surface area contributed by atoms with Crippen LogP contribution in [0.2, 0.25) is 0 Å². The van der Waals surface area contributed by atoms with Gasteiger partial charge in [0.15, 0.2) is 0 Å². The van der Waals surface area contributed by atoms with Crippen LogP contribution in [0.1, 0.15) is 0 Å². The first-order valence-electron chi connectivity index (χ1n) is 35.7. The van der Waals surface area contributed by atoms with Crippen molar-refractivity contribution in [2.75, 3.05) is 9.80 Å². The highest BCUT2D eigenvalue weighted by Crippen LogP contribution is 2.57. The predicted molar refractivity (Wildman–Crippen MR) is 437 cm³/mol. The van der Waals surface area contributed by atoms with Gasteiger partial charge in [0.1, 0.15) is 5.82 Å². The maximum absolute atomic E-state index is 5.27. The lowest BCUT2D eigenvalue weighted by atomic mass is 9.90. The molecule has 104 heavy (non-hydrogen) atoms. The Morgan fingerprint density at radius 1 is 0.202 bits per heavy atom. The molecule has 3 aromatic heterocycles. The highest BCUT2D eigenvalue weighted by molar-refractivity contribution is 6.24. The molecule has 2 aliphatic heterocycles. The minimum atomic E-state index is 0.871. The van der Waals surface area contributed by atoms with Crippen LogP contribution in [-0.2, 0) is 0 Å². The van der Waals surface area contributed by atoms with E-state index in [1.807, 2.05) is 6.20 Å². The molecule has 0 saturated heterocycles. The quantitative estimate of drug-likeness (QED) is 0.152. The number of anilines is 6. The summed E-state index contributed by atoms with van der Waals surface area (Å²) in [6, 6.07) is 140. The molecule has 0 unspecified atom stereocenters. The van der Waals surface area contributed by atoms with E-state index in [1.54, 1.807) is 0 Å². The minimum absolute atomic E-state index is 0.871. The molecule has 0 atom stereocenters. The van der Waals surface area contributed by atoms with E-state index in [2.05, 4.69) is 407 Å². The zero-order valence-electron chi connectivity index (χ0n) is 56.8. The normalized spacial score (nSPS) is 12.0.